The van der Waals surface area contributed by atoms with Gasteiger partial charge < -0.3 is 4.90 Å². The second-order valence-corrected chi connectivity index (χ2v) is 5.92. The van der Waals surface area contributed by atoms with Gasteiger partial charge in [0.05, 0.1) is 6.04 Å². The van der Waals surface area contributed by atoms with E-state index >= 15 is 0 Å². The highest BCUT2D eigenvalue weighted by atomic mass is 16.2. The molecule has 1 aliphatic carbocycles. The molecule has 3 amide bonds. The summed E-state index contributed by atoms with van der Waals surface area (Å²) >= 11 is 0. The van der Waals surface area contributed by atoms with Crippen LogP contribution in [-0.2, 0) is 9.59 Å². The minimum Gasteiger partial charge on any atom is -0.319 e. The predicted molar refractivity (Wildman–Crippen MR) is 75.1 cm³/mol. The van der Waals surface area contributed by atoms with E-state index in [2.05, 4.69) is 5.32 Å². The summed E-state index contributed by atoms with van der Waals surface area (Å²) in [5.74, 6) is -0.891. The van der Waals surface area contributed by atoms with Crippen molar-refractivity contribution in [3.8, 4) is 0 Å². The summed E-state index contributed by atoms with van der Waals surface area (Å²) in [4.78, 5) is 49.8. The van der Waals surface area contributed by atoms with Crippen LogP contribution >= 0.6 is 0 Å². The van der Waals surface area contributed by atoms with Crippen molar-refractivity contribution in [2.75, 3.05) is 0 Å². The van der Waals surface area contributed by atoms with Crippen LogP contribution in [0.3, 0.4) is 0 Å². The first-order valence-corrected chi connectivity index (χ1v) is 7.40. The fourth-order valence-electron chi connectivity index (χ4n) is 3.77. The highest BCUT2D eigenvalue weighted by molar-refractivity contribution is 6.09. The van der Waals surface area contributed by atoms with Crippen molar-refractivity contribution in [3.05, 3.63) is 34.9 Å². The molecule has 6 nitrogen and oxygen atoms in total. The van der Waals surface area contributed by atoms with Gasteiger partial charge in [-0.25, -0.2) is 0 Å². The molecular formula is C16H14N2O4. The molecule has 1 aromatic rings. The second-order valence-electron chi connectivity index (χ2n) is 5.92. The molecule has 2 unspecified atom stereocenters. The molecule has 0 saturated carbocycles. The lowest BCUT2D eigenvalue weighted by Crippen LogP contribution is -2.53. The van der Waals surface area contributed by atoms with Gasteiger partial charge in [-0.15, -0.1) is 0 Å². The van der Waals surface area contributed by atoms with Crippen molar-refractivity contribution < 1.29 is 19.2 Å². The Kier molecular flexibility index (Phi) is 2.69. The van der Waals surface area contributed by atoms with Gasteiger partial charge in [-0.3, -0.25) is 24.5 Å². The average Bonchev–Trinajstić information content (AvgIpc) is 2.78. The van der Waals surface area contributed by atoms with Gasteiger partial charge in [0.1, 0.15) is 6.04 Å². The Balaban J connectivity index is 1.78. The molecule has 2 heterocycles. The monoisotopic (exact) mass is 298 g/mol. The normalized spacial score (nSPS) is 27.0. The topological polar surface area (TPSA) is 83.6 Å². The van der Waals surface area contributed by atoms with Gasteiger partial charge in [0.2, 0.25) is 11.8 Å². The van der Waals surface area contributed by atoms with E-state index in [1.165, 1.54) is 0 Å². The highest BCUT2D eigenvalue weighted by Gasteiger charge is 2.47. The van der Waals surface area contributed by atoms with Crippen LogP contribution in [0.15, 0.2) is 18.2 Å². The Hall–Kier alpha value is -2.50. The third-order valence-electron chi connectivity index (χ3n) is 4.73. The number of hydrogen-bond donors (Lipinski definition) is 1. The van der Waals surface area contributed by atoms with Gasteiger partial charge >= 0.3 is 0 Å². The molecular weight excluding hydrogens is 284 g/mol. The van der Waals surface area contributed by atoms with Crippen LogP contribution in [0.1, 0.15) is 58.0 Å². The molecule has 1 N–H and O–H groups in total. The average molecular weight is 298 g/mol. The number of rotatable bonds is 1. The van der Waals surface area contributed by atoms with Crippen molar-refractivity contribution in [2.24, 2.45) is 0 Å². The third kappa shape index (κ3) is 1.66. The van der Waals surface area contributed by atoms with E-state index in [1.54, 1.807) is 23.1 Å². The second kappa shape index (κ2) is 4.50. The van der Waals surface area contributed by atoms with Crippen molar-refractivity contribution in [1.29, 1.82) is 0 Å². The molecule has 1 fully saturated rings. The molecule has 0 spiro atoms. The lowest BCUT2D eigenvalue weighted by molar-refractivity contribution is -0.137. The maximum Gasteiger partial charge on any atom is 0.255 e. The number of nitrogens with one attached hydrogen (secondary N) is 1. The number of benzene rings is 1. The summed E-state index contributed by atoms with van der Waals surface area (Å²) < 4.78 is 0. The summed E-state index contributed by atoms with van der Waals surface area (Å²) in [5.41, 5.74) is 1.87. The summed E-state index contributed by atoms with van der Waals surface area (Å²) in [6.07, 6.45) is 1.48. The maximum absolute atomic E-state index is 12.7. The van der Waals surface area contributed by atoms with Gasteiger partial charge in [-0.1, -0.05) is 12.1 Å². The number of piperidine rings is 1. The Morgan fingerprint density at radius 1 is 0.955 bits per heavy atom. The molecule has 0 radical (unpaired) electrons. The minimum absolute atomic E-state index is 0.0472. The predicted octanol–water partition coefficient (Wildman–Crippen LogP) is 0.965. The lowest BCUT2D eigenvalue weighted by Gasteiger charge is -2.35. The first-order valence-electron chi connectivity index (χ1n) is 7.40. The molecule has 6 heteroatoms. The van der Waals surface area contributed by atoms with E-state index in [-0.39, 0.29) is 30.1 Å². The largest absolute Gasteiger partial charge is 0.319 e. The van der Waals surface area contributed by atoms with Gasteiger partial charge in [0, 0.05) is 24.0 Å². The smallest absolute Gasteiger partial charge is 0.255 e. The van der Waals surface area contributed by atoms with E-state index in [0.717, 1.165) is 5.56 Å². The molecule has 0 aromatic heterocycles. The number of nitrogens with zero attached hydrogens (tertiary/aromatic N) is 1. The van der Waals surface area contributed by atoms with Crippen molar-refractivity contribution in [1.82, 2.24) is 10.2 Å². The summed E-state index contributed by atoms with van der Waals surface area (Å²) in [5, 5.41) is 2.30. The molecule has 2 atom stereocenters. The van der Waals surface area contributed by atoms with Crippen LogP contribution in [0.25, 0.3) is 0 Å². The molecule has 3 aliphatic rings. The van der Waals surface area contributed by atoms with E-state index in [1.807, 2.05) is 0 Å². The van der Waals surface area contributed by atoms with Crippen LogP contribution in [-0.4, -0.2) is 34.4 Å². The molecule has 2 aliphatic heterocycles. The first kappa shape index (κ1) is 13.2. The van der Waals surface area contributed by atoms with Gasteiger partial charge in [-0.05, 0) is 24.5 Å². The Labute approximate surface area is 126 Å². The zero-order valence-electron chi connectivity index (χ0n) is 11.8. The number of ketones is 1. The van der Waals surface area contributed by atoms with Crippen LogP contribution in [0.5, 0.6) is 0 Å². The maximum atomic E-state index is 12.7. The van der Waals surface area contributed by atoms with E-state index in [0.29, 0.717) is 30.4 Å². The molecule has 1 aromatic carbocycles. The van der Waals surface area contributed by atoms with E-state index in [9.17, 15) is 19.2 Å². The summed E-state index contributed by atoms with van der Waals surface area (Å²) in [6, 6.07) is 4.29. The number of imide groups is 1. The first-order chi connectivity index (χ1) is 10.6. The molecule has 112 valence electrons. The minimum atomic E-state index is -0.636. The van der Waals surface area contributed by atoms with Crippen molar-refractivity contribution in [2.45, 2.75) is 37.8 Å². The quantitative estimate of drug-likeness (QED) is 0.783. The van der Waals surface area contributed by atoms with Crippen LogP contribution in [0.2, 0.25) is 0 Å². The molecule has 0 bridgehead atoms. The van der Waals surface area contributed by atoms with E-state index in [4.69, 9.17) is 0 Å². The Bertz CT molecular complexity index is 740. The zero-order valence-corrected chi connectivity index (χ0v) is 11.8. The molecule has 4 rings (SSSR count). The lowest BCUT2D eigenvalue weighted by atomic mass is 9.85. The SMILES string of the molecule is O=C1CCC(N2C(=O)c3cccc4c3C2CCC4=O)C(=O)N1. The van der Waals surface area contributed by atoms with Gasteiger partial charge in [0.25, 0.3) is 5.91 Å². The zero-order chi connectivity index (χ0) is 15.4. The summed E-state index contributed by atoms with van der Waals surface area (Å²) in [7, 11) is 0. The van der Waals surface area contributed by atoms with Crippen LogP contribution in [0, 0.1) is 0 Å². The Morgan fingerprint density at radius 3 is 2.45 bits per heavy atom. The highest BCUT2D eigenvalue weighted by Crippen LogP contribution is 2.44. The number of amides is 3. The fraction of sp³-hybridized carbons (Fsp3) is 0.375. The molecule has 1 saturated heterocycles. The number of carbonyl (C=O) groups is 4. The van der Waals surface area contributed by atoms with Crippen molar-refractivity contribution >= 4 is 23.5 Å². The van der Waals surface area contributed by atoms with Gasteiger partial charge in [-0.2, -0.15) is 0 Å². The fourth-order valence-corrected chi connectivity index (χ4v) is 3.77. The van der Waals surface area contributed by atoms with Gasteiger partial charge in [0.15, 0.2) is 5.78 Å². The summed E-state index contributed by atoms with van der Waals surface area (Å²) in [6.45, 7) is 0. The van der Waals surface area contributed by atoms with Crippen LogP contribution in [0.4, 0.5) is 0 Å². The Morgan fingerprint density at radius 2 is 1.68 bits per heavy atom. The van der Waals surface area contributed by atoms with Crippen molar-refractivity contribution in [3.63, 3.8) is 0 Å². The van der Waals surface area contributed by atoms with Crippen LogP contribution < -0.4 is 5.32 Å². The number of carbonyl (C=O) groups excluding carboxylic acids is 4. The van der Waals surface area contributed by atoms with E-state index < -0.39 is 11.9 Å². The standard InChI is InChI=1S/C16H14N2O4/c19-12-6-4-10-14-8(12)2-1-3-9(14)16(22)18(10)11-5-7-13(20)17-15(11)21/h1-3,10-11H,4-7H2,(H,17,20,21). The third-order valence-corrected chi connectivity index (χ3v) is 4.73. The number of hydrogen-bond acceptors (Lipinski definition) is 4. The number of Topliss-reactive ketones (excluding diaryl/α,β-unsaturated/α-hetero) is 1. The molecule has 22 heavy (non-hydrogen) atoms.